The normalized spacial score (nSPS) is 15.0. The maximum Gasteiger partial charge on any atom is 0.235 e. The van der Waals surface area contributed by atoms with Gasteiger partial charge in [-0.3, -0.25) is 4.57 Å². The maximum absolute atomic E-state index is 5.26. The molecule has 4 nitrogen and oxygen atoms in total. The molecule has 5 aromatic carbocycles. The minimum Gasteiger partial charge on any atom is -0.310 e. The van der Waals surface area contributed by atoms with E-state index in [1.807, 2.05) is 12.1 Å². The Morgan fingerprint density at radius 1 is 0.588 bits per heavy atom. The van der Waals surface area contributed by atoms with Gasteiger partial charge in [0.05, 0.1) is 22.4 Å². The molecule has 10 rings (SSSR count). The number of fused-ring (bicyclic) bond motifs is 6. The van der Waals surface area contributed by atoms with Crippen molar-refractivity contribution in [1.29, 1.82) is 0 Å². The van der Waals surface area contributed by atoms with Crippen molar-refractivity contribution in [2.24, 2.45) is 0 Å². The van der Waals surface area contributed by atoms with E-state index in [0.29, 0.717) is 5.95 Å². The number of aromatic nitrogens is 4. The zero-order valence-electron chi connectivity index (χ0n) is 28.5. The maximum atomic E-state index is 5.26. The summed E-state index contributed by atoms with van der Waals surface area (Å²) in [4.78, 5) is 10.5. The van der Waals surface area contributed by atoms with Gasteiger partial charge in [0.25, 0.3) is 0 Å². The number of rotatable bonds is 5. The van der Waals surface area contributed by atoms with Crippen LogP contribution in [-0.4, -0.2) is 19.1 Å². The average Bonchev–Trinajstić information content (AvgIpc) is 3.71. The Labute approximate surface area is 297 Å². The van der Waals surface area contributed by atoms with Crippen LogP contribution in [0.5, 0.6) is 0 Å². The topological polar surface area (TPSA) is 35.6 Å². The molecule has 0 spiro atoms. The van der Waals surface area contributed by atoms with Gasteiger partial charge in [0.1, 0.15) is 0 Å². The number of aryl methyl sites for hydroxylation is 1. The van der Waals surface area contributed by atoms with Gasteiger partial charge in [0, 0.05) is 44.9 Å². The van der Waals surface area contributed by atoms with Gasteiger partial charge >= 0.3 is 0 Å². The highest BCUT2D eigenvalue weighted by Gasteiger charge is 2.28. The molecule has 8 aromatic rings. The Kier molecular flexibility index (Phi) is 6.95. The SMILES string of the molecule is Cc1ccc(-n2c3c(c4c2C=CC(c2ccc5c6ccccc6n(-c6nc(-c7ccccc7)cc(-c7ccccc7)n6)c5c2)C4)CCC=C3)cc1. The van der Waals surface area contributed by atoms with Gasteiger partial charge in [0.15, 0.2) is 0 Å². The highest BCUT2D eigenvalue weighted by atomic mass is 15.2. The van der Waals surface area contributed by atoms with Crippen LogP contribution in [0.3, 0.4) is 0 Å². The zero-order chi connectivity index (χ0) is 33.9. The lowest BCUT2D eigenvalue weighted by Crippen LogP contribution is -2.09. The third-order valence-corrected chi connectivity index (χ3v) is 10.7. The van der Waals surface area contributed by atoms with Crippen LogP contribution >= 0.6 is 0 Å². The molecule has 3 heterocycles. The fraction of sp³-hybridized carbons (Fsp3) is 0.106. The number of nitrogens with zero attached hydrogens (tertiary/aromatic N) is 4. The molecule has 2 aliphatic carbocycles. The summed E-state index contributed by atoms with van der Waals surface area (Å²) in [5, 5.41) is 2.41. The first-order valence-corrected chi connectivity index (χ1v) is 17.9. The first kappa shape index (κ1) is 29.6. The van der Waals surface area contributed by atoms with Crippen molar-refractivity contribution in [2.45, 2.75) is 32.1 Å². The number of para-hydroxylation sites is 1. The number of benzene rings is 5. The summed E-state index contributed by atoms with van der Waals surface area (Å²) in [5.41, 5.74) is 15.6. The fourth-order valence-electron chi connectivity index (χ4n) is 8.17. The van der Waals surface area contributed by atoms with E-state index >= 15 is 0 Å². The van der Waals surface area contributed by atoms with Gasteiger partial charge in [-0.1, -0.05) is 121 Å². The van der Waals surface area contributed by atoms with Gasteiger partial charge in [-0.2, -0.15) is 0 Å². The molecule has 3 aromatic heterocycles. The van der Waals surface area contributed by atoms with Crippen LogP contribution in [-0.2, 0) is 12.8 Å². The van der Waals surface area contributed by atoms with Crippen LogP contribution in [0.4, 0.5) is 0 Å². The average molecular weight is 657 g/mol. The fourth-order valence-corrected chi connectivity index (χ4v) is 8.17. The molecular weight excluding hydrogens is 621 g/mol. The zero-order valence-corrected chi connectivity index (χ0v) is 28.5. The van der Waals surface area contributed by atoms with E-state index in [1.54, 1.807) is 0 Å². The van der Waals surface area contributed by atoms with E-state index in [9.17, 15) is 0 Å². The summed E-state index contributed by atoms with van der Waals surface area (Å²) < 4.78 is 4.74. The molecule has 0 aliphatic heterocycles. The lowest BCUT2D eigenvalue weighted by molar-refractivity contribution is 0.810. The van der Waals surface area contributed by atoms with Gasteiger partial charge < -0.3 is 4.57 Å². The molecule has 1 unspecified atom stereocenters. The Morgan fingerprint density at radius 3 is 2.00 bits per heavy atom. The van der Waals surface area contributed by atoms with Gasteiger partial charge in [-0.15, -0.1) is 0 Å². The predicted molar refractivity (Wildman–Crippen MR) is 211 cm³/mol. The molecule has 0 amide bonds. The summed E-state index contributed by atoms with van der Waals surface area (Å²) in [6, 6.07) is 47.6. The van der Waals surface area contributed by atoms with Gasteiger partial charge in [-0.25, -0.2) is 9.97 Å². The number of hydrogen-bond acceptors (Lipinski definition) is 2. The summed E-state index contributed by atoms with van der Waals surface area (Å²) >= 11 is 0. The van der Waals surface area contributed by atoms with Gasteiger partial charge in [-0.05, 0) is 85.4 Å². The number of allylic oxidation sites excluding steroid dienone is 2. The summed E-state index contributed by atoms with van der Waals surface area (Å²) in [6.07, 6.45) is 12.6. The molecule has 0 N–H and O–H groups in total. The summed E-state index contributed by atoms with van der Waals surface area (Å²) in [6.45, 7) is 2.15. The third-order valence-electron chi connectivity index (χ3n) is 10.7. The minimum absolute atomic E-state index is 0.258. The van der Waals surface area contributed by atoms with Crippen molar-refractivity contribution >= 4 is 34.0 Å². The first-order valence-electron chi connectivity index (χ1n) is 17.9. The van der Waals surface area contributed by atoms with E-state index in [4.69, 9.17) is 9.97 Å². The molecule has 1 atom stereocenters. The Morgan fingerprint density at radius 2 is 1.25 bits per heavy atom. The monoisotopic (exact) mass is 656 g/mol. The Hall–Kier alpha value is -6.26. The molecule has 51 heavy (non-hydrogen) atoms. The Bertz CT molecular complexity index is 2600. The second-order valence-electron chi connectivity index (χ2n) is 13.8. The molecule has 4 heteroatoms. The second kappa shape index (κ2) is 12.0. The van der Waals surface area contributed by atoms with Crippen molar-refractivity contribution in [3.8, 4) is 34.2 Å². The third kappa shape index (κ3) is 4.98. The molecule has 0 saturated carbocycles. The summed E-state index contributed by atoms with van der Waals surface area (Å²) in [5.74, 6) is 0.935. The lowest BCUT2D eigenvalue weighted by Gasteiger charge is -2.20. The number of hydrogen-bond donors (Lipinski definition) is 0. The van der Waals surface area contributed by atoms with E-state index in [-0.39, 0.29) is 5.92 Å². The summed E-state index contributed by atoms with van der Waals surface area (Å²) in [7, 11) is 0. The first-order chi connectivity index (χ1) is 25.2. The van der Waals surface area contributed by atoms with E-state index < -0.39 is 0 Å². The van der Waals surface area contributed by atoms with E-state index in [1.165, 1.54) is 50.1 Å². The van der Waals surface area contributed by atoms with Crippen LogP contribution < -0.4 is 0 Å². The highest BCUT2D eigenvalue weighted by Crippen LogP contribution is 2.41. The predicted octanol–water partition coefficient (Wildman–Crippen LogP) is 11.3. The standard InChI is InChI=1S/C47H36N4/c1-31-20-24-36(25-21-31)50-43-18-10-9-17-38(43)40-28-34(23-27-45(40)50)35-22-26-39-37-16-8-11-19-44(37)51(46(39)29-35)47-48-41(32-12-4-2-5-13-32)30-42(49-47)33-14-6-3-7-15-33/h2-8,10-16,18-27,29-30,34H,9,17,28H2,1H3. The van der Waals surface area contributed by atoms with Crippen LogP contribution in [0.15, 0.2) is 146 Å². The highest BCUT2D eigenvalue weighted by molar-refractivity contribution is 6.09. The van der Waals surface area contributed by atoms with Crippen molar-refractivity contribution in [2.75, 3.05) is 0 Å². The van der Waals surface area contributed by atoms with Crippen molar-refractivity contribution in [3.05, 3.63) is 179 Å². The molecule has 244 valence electrons. The largest absolute Gasteiger partial charge is 0.310 e. The van der Waals surface area contributed by atoms with Gasteiger partial charge in [0.2, 0.25) is 5.95 Å². The molecular formula is C47H36N4. The van der Waals surface area contributed by atoms with E-state index in [0.717, 1.165) is 52.8 Å². The van der Waals surface area contributed by atoms with Crippen molar-refractivity contribution in [3.63, 3.8) is 0 Å². The van der Waals surface area contributed by atoms with Crippen LogP contribution in [0.1, 0.15) is 46.0 Å². The molecule has 0 saturated heterocycles. The second-order valence-corrected chi connectivity index (χ2v) is 13.8. The van der Waals surface area contributed by atoms with Crippen molar-refractivity contribution in [1.82, 2.24) is 19.1 Å². The van der Waals surface area contributed by atoms with Crippen LogP contribution in [0.25, 0.3) is 68.1 Å². The lowest BCUT2D eigenvalue weighted by atomic mass is 9.84. The molecule has 2 aliphatic rings. The smallest absolute Gasteiger partial charge is 0.235 e. The van der Waals surface area contributed by atoms with E-state index in [2.05, 4.69) is 162 Å². The van der Waals surface area contributed by atoms with Crippen molar-refractivity contribution < 1.29 is 0 Å². The quantitative estimate of drug-likeness (QED) is 0.185. The molecule has 0 bridgehead atoms. The molecule has 0 fully saturated rings. The molecule has 0 radical (unpaired) electrons. The minimum atomic E-state index is 0.258. The van der Waals surface area contributed by atoms with Crippen LogP contribution in [0.2, 0.25) is 0 Å². The Balaban J connectivity index is 1.13. The van der Waals surface area contributed by atoms with Crippen LogP contribution in [0, 0.1) is 6.92 Å².